The van der Waals surface area contributed by atoms with E-state index in [2.05, 4.69) is 6.58 Å². The highest BCUT2D eigenvalue weighted by Crippen LogP contribution is 2.20. The van der Waals surface area contributed by atoms with E-state index in [0.29, 0.717) is 4.90 Å². The van der Waals surface area contributed by atoms with Crippen LogP contribution in [-0.4, -0.2) is 47.8 Å². The zero-order chi connectivity index (χ0) is 16.8. The predicted octanol–water partition coefficient (Wildman–Crippen LogP) is 2.34. The van der Waals surface area contributed by atoms with Gasteiger partial charge in [-0.3, -0.25) is 4.79 Å². The molecule has 0 unspecified atom stereocenters. The van der Waals surface area contributed by atoms with Crippen molar-refractivity contribution in [1.82, 2.24) is 4.90 Å². The van der Waals surface area contributed by atoms with Crippen molar-refractivity contribution in [1.29, 1.82) is 0 Å². The van der Waals surface area contributed by atoms with Crippen LogP contribution in [0.1, 0.15) is 10.4 Å². The molecule has 5 nitrogen and oxygen atoms in total. The van der Waals surface area contributed by atoms with Gasteiger partial charge in [0.05, 0.1) is 0 Å². The maximum Gasteiger partial charge on any atom is 0.406 e. The summed E-state index contributed by atoms with van der Waals surface area (Å²) in [6, 6.07) is 5.31. The van der Waals surface area contributed by atoms with Gasteiger partial charge in [0.2, 0.25) is 0 Å². The Kier molecular flexibility index (Phi) is 5.97. The van der Waals surface area contributed by atoms with Gasteiger partial charge in [-0.05, 0) is 18.2 Å². The third-order valence-electron chi connectivity index (χ3n) is 2.45. The first kappa shape index (κ1) is 17.5. The first-order valence-corrected chi connectivity index (χ1v) is 6.14. The number of halogens is 3. The van der Waals surface area contributed by atoms with E-state index in [1.165, 1.54) is 30.3 Å². The molecule has 1 N–H and O–H groups in total. The minimum atomic E-state index is -4.53. The fourth-order valence-corrected chi connectivity index (χ4v) is 1.64. The van der Waals surface area contributed by atoms with Gasteiger partial charge in [0.1, 0.15) is 12.3 Å². The highest BCUT2D eigenvalue weighted by Gasteiger charge is 2.32. The Bertz CT molecular complexity index is 557. The molecule has 0 aliphatic carbocycles. The third-order valence-corrected chi connectivity index (χ3v) is 2.45. The topological polar surface area (TPSA) is 66.8 Å². The van der Waals surface area contributed by atoms with Gasteiger partial charge in [-0.25, -0.2) is 4.79 Å². The van der Waals surface area contributed by atoms with E-state index < -0.39 is 31.2 Å². The second-order valence-corrected chi connectivity index (χ2v) is 4.30. The van der Waals surface area contributed by atoms with Crippen molar-refractivity contribution >= 4 is 11.9 Å². The highest BCUT2D eigenvalue weighted by atomic mass is 19.4. The molecule has 0 radical (unpaired) electrons. The number of ether oxygens (including phenoxy) is 1. The third kappa shape index (κ3) is 5.86. The molecule has 1 rings (SSSR count). The van der Waals surface area contributed by atoms with Crippen molar-refractivity contribution in [3.8, 4) is 5.75 Å². The van der Waals surface area contributed by atoms with Gasteiger partial charge in [0, 0.05) is 12.1 Å². The molecule has 0 saturated heterocycles. The number of benzene rings is 1. The molecular formula is C14H14F3NO4. The van der Waals surface area contributed by atoms with Crippen LogP contribution in [0.25, 0.3) is 0 Å². The molecule has 1 aromatic carbocycles. The minimum absolute atomic E-state index is 0.0333. The van der Waals surface area contributed by atoms with Crippen molar-refractivity contribution in [2.75, 3.05) is 19.7 Å². The zero-order valence-corrected chi connectivity index (χ0v) is 11.5. The van der Waals surface area contributed by atoms with E-state index in [0.717, 1.165) is 0 Å². The Labute approximate surface area is 124 Å². The molecule has 0 fully saturated rings. The number of carbonyl (C=O) groups excluding carboxylic acids is 1. The number of alkyl halides is 3. The number of carboxylic acids is 1. The Morgan fingerprint density at radius 1 is 1.36 bits per heavy atom. The lowest BCUT2D eigenvalue weighted by Crippen LogP contribution is -2.39. The summed E-state index contributed by atoms with van der Waals surface area (Å²) in [5.41, 5.74) is -0.0333. The van der Waals surface area contributed by atoms with Gasteiger partial charge in [-0.15, -0.1) is 6.58 Å². The summed E-state index contributed by atoms with van der Waals surface area (Å²) in [5, 5.41) is 8.50. The van der Waals surface area contributed by atoms with Crippen LogP contribution < -0.4 is 4.74 Å². The maximum absolute atomic E-state index is 12.5. The van der Waals surface area contributed by atoms with Gasteiger partial charge in [-0.1, -0.05) is 12.1 Å². The number of nitrogens with zero attached hydrogens (tertiary/aromatic N) is 1. The molecule has 0 bridgehead atoms. The predicted molar refractivity (Wildman–Crippen MR) is 71.7 cm³/mol. The van der Waals surface area contributed by atoms with E-state index in [4.69, 9.17) is 9.84 Å². The molecule has 0 aliphatic heterocycles. The van der Waals surface area contributed by atoms with E-state index >= 15 is 0 Å². The summed E-state index contributed by atoms with van der Waals surface area (Å²) in [5.74, 6) is -1.97. The molecule has 22 heavy (non-hydrogen) atoms. The molecule has 0 aliphatic rings. The smallest absolute Gasteiger partial charge is 0.406 e. The summed E-state index contributed by atoms with van der Waals surface area (Å²) < 4.78 is 42.3. The van der Waals surface area contributed by atoms with Crippen LogP contribution in [0.2, 0.25) is 0 Å². The second kappa shape index (κ2) is 7.48. The zero-order valence-electron chi connectivity index (χ0n) is 11.5. The molecule has 1 amide bonds. The van der Waals surface area contributed by atoms with Crippen LogP contribution in [0.3, 0.4) is 0 Å². The monoisotopic (exact) mass is 317 g/mol. The number of carbonyl (C=O) groups is 2. The van der Waals surface area contributed by atoms with Crippen molar-refractivity contribution < 1.29 is 32.6 Å². The van der Waals surface area contributed by atoms with Crippen molar-refractivity contribution in [3.05, 3.63) is 42.5 Å². The number of rotatable bonds is 7. The highest BCUT2D eigenvalue weighted by molar-refractivity contribution is 5.94. The summed E-state index contributed by atoms with van der Waals surface area (Å²) in [4.78, 5) is 23.1. The SMILES string of the molecule is C=CCN(CC(F)(F)F)C(=O)c1cccc(OCC(=O)O)c1. The number of hydrogen-bond donors (Lipinski definition) is 1. The van der Waals surface area contributed by atoms with Crippen molar-refractivity contribution in [2.24, 2.45) is 0 Å². The Balaban J connectivity index is 2.91. The lowest BCUT2D eigenvalue weighted by atomic mass is 10.2. The molecule has 0 atom stereocenters. The number of aliphatic carboxylic acids is 1. The van der Waals surface area contributed by atoms with Gasteiger partial charge in [-0.2, -0.15) is 13.2 Å². The first-order chi connectivity index (χ1) is 10.2. The fourth-order valence-electron chi connectivity index (χ4n) is 1.64. The van der Waals surface area contributed by atoms with Crippen LogP contribution in [0, 0.1) is 0 Å². The molecule has 0 heterocycles. The molecule has 0 saturated carbocycles. The number of carboxylic acid groups (broad SMARTS) is 1. The van der Waals surface area contributed by atoms with Gasteiger partial charge < -0.3 is 14.7 Å². The van der Waals surface area contributed by atoms with Crippen molar-refractivity contribution in [3.63, 3.8) is 0 Å². The molecule has 1 aromatic rings. The van der Waals surface area contributed by atoms with Gasteiger partial charge in [0.15, 0.2) is 6.61 Å². The lowest BCUT2D eigenvalue weighted by molar-refractivity contribution is -0.140. The minimum Gasteiger partial charge on any atom is -0.482 e. The van der Waals surface area contributed by atoms with E-state index in [1.54, 1.807) is 0 Å². The van der Waals surface area contributed by atoms with Crippen LogP contribution in [0.15, 0.2) is 36.9 Å². The average Bonchev–Trinajstić information content (AvgIpc) is 2.43. The Morgan fingerprint density at radius 3 is 2.59 bits per heavy atom. The lowest BCUT2D eigenvalue weighted by Gasteiger charge is -2.22. The molecule has 0 spiro atoms. The Hall–Kier alpha value is -2.51. The van der Waals surface area contributed by atoms with Crippen LogP contribution in [0.4, 0.5) is 13.2 Å². The van der Waals surface area contributed by atoms with Crippen molar-refractivity contribution in [2.45, 2.75) is 6.18 Å². The summed E-state index contributed by atoms with van der Waals surface area (Å²) in [7, 11) is 0. The van der Waals surface area contributed by atoms with E-state index in [-0.39, 0.29) is 17.9 Å². The second-order valence-electron chi connectivity index (χ2n) is 4.30. The molecular weight excluding hydrogens is 303 g/mol. The average molecular weight is 317 g/mol. The quantitative estimate of drug-likeness (QED) is 0.784. The van der Waals surface area contributed by atoms with Crippen LogP contribution >= 0.6 is 0 Å². The van der Waals surface area contributed by atoms with E-state index in [9.17, 15) is 22.8 Å². The van der Waals surface area contributed by atoms with Crippen LogP contribution in [0.5, 0.6) is 5.75 Å². The molecule has 120 valence electrons. The summed E-state index contributed by atoms with van der Waals surface area (Å²) in [6.45, 7) is 1.04. The first-order valence-electron chi connectivity index (χ1n) is 6.14. The number of hydrogen-bond acceptors (Lipinski definition) is 3. The maximum atomic E-state index is 12.5. The fraction of sp³-hybridized carbons (Fsp3) is 0.286. The molecule has 8 heteroatoms. The number of amides is 1. The van der Waals surface area contributed by atoms with E-state index in [1.807, 2.05) is 0 Å². The standard InChI is InChI=1S/C14H14F3NO4/c1-2-6-18(9-14(15,16)17)13(21)10-4-3-5-11(7-10)22-8-12(19)20/h2-5,7H,1,6,8-9H2,(H,19,20). The summed E-state index contributed by atoms with van der Waals surface area (Å²) >= 11 is 0. The van der Waals surface area contributed by atoms with Gasteiger partial charge >= 0.3 is 12.1 Å². The summed E-state index contributed by atoms with van der Waals surface area (Å²) in [6.07, 6.45) is -3.34. The Morgan fingerprint density at radius 2 is 2.05 bits per heavy atom. The molecule has 0 aromatic heterocycles. The van der Waals surface area contributed by atoms with Crippen LogP contribution in [-0.2, 0) is 4.79 Å². The largest absolute Gasteiger partial charge is 0.482 e. The normalized spacial score (nSPS) is 10.9. The van der Waals surface area contributed by atoms with Gasteiger partial charge in [0.25, 0.3) is 5.91 Å².